The summed E-state index contributed by atoms with van der Waals surface area (Å²) in [6, 6.07) is 1.25. The minimum Gasteiger partial charge on any atom is -0.480 e. The molecule has 0 aromatic rings. The Labute approximate surface area is 116 Å². The molecule has 3 atom stereocenters. The largest absolute Gasteiger partial charge is 0.480 e. The third-order valence-electron chi connectivity index (χ3n) is 4.89. The minimum absolute atomic E-state index is 0.505. The summed E-state index contributed by atoms with van der Waals surface area (Å²) in [5.74, 6) is -0.204. The second-order valence-electron chi connectivity index (χ2n) is 6.81. The Bertz CT molecular complexity index is 332. The van der Waals surface area contributed by atoms with Crippen LogP contribution in [0.25, 0.3) is 0 Å². The van der Waals surface area contributed by atoms with Gasteiger partial charge in [-0.1, -0.05) is 6.42 Å². The molecular weight excluding hydrogens is 240 g/mol. The van der Waals surface area contributed by atoms with Gasteiger partial charge in [-0.05, 0) is 65.5 Å². The average Bonchev–Trinajstić information content (AvgIpc) is 2.73. The van der Waals surface area contributed by atoms with E-state index in [1.54, 1.807) is 0 Å². The zero-order valence-corrected chi connectivity index (χ0v) is 12.5. The first-order chi connectivity index (χ1) is 8.92. The summed E-state index contributed by atoms with van der Waals surface area (Å²) < 4.78 is 0. The lowest BCUT2D eigenvalue weighted by Crippen LogP contribution is -2.45. The van der Waals surface area contributed by atoms with Crippen molar-refractivity contribution in [1.29, 1.82) is 0 Å². The van der Waals surface area contributed by atoms with Gasteiger partial charge in [-0.25, -0.2) is 0 Å². The molecule has 2 heterocycles. The van der Waals surface area contributed by atoms with Gasteiger partial charge < -0.3 is 10.4 Å². The highest BCUT2D eigenvalue weighted by Crippen LogP contribution is 2.32. The Morgan fingerprint density at radius 2 is 2.21 bits per heavy atom. The fourth-order valence-electron chi connectivity index (χ4n) is 3.76. The van der Waals surface area contributed by atoms with Crippen LogP contribution in [0.3, 0.4) is 0 Å². The number of likely N-dealkylation sites (tertiary alicyclic amines) is 1. The summed E-state index contributed by atoms with van der Waals surface area (Å²) in [6.07, 6.45) is 5.83. The third kappa shape index (κ3) is 3.29. The van der Waals surface area contributed by atoms with Gasteiger partial charge in [0, 0.05) is 12.1 Å². The van der Waals surface area contributed by atoms with Crippen molar-refractivity contribution in [1.82, 2.24) is 10.2 Å². The van der Waals surface area contributed by atoms with Crippen LogP contribution in [0.4, 0.5) is 0 Å². The molecule has 0 saturated carbocycles. The number of hydrogen-bond acceptors (Lipinski definition) is 3. The van der Waals surface area contributed by atoms with Crippen molar-refractivity contribution in [2.24, 2.45) is 5.92 Å². The molecule has 2 fully saturated rings. The van der Waals surface area contributed by atoms with Crippen LogP contribution in [-0.4, -0.2) is 46.7 Å². The summed E-state index contributed by atoms with van der Waals surface area (Å²) >= 11 is 0. The van der Waals surface area contributed by atoms with Gasteiger partial charge in [-0.2, -0.15) is 0 Å². The van der Waals surface area contributed by atoms with Gasteiger partial charge in [-0.3, -0.25) is 9.69 Å². The predicted octanol–water partition coefficient (Wildman–Crippen LogP) is 2.09. The van der Waals surface area contributed by atoms with E-state index in [2.05, 4.69) is 24.1 Å². The molecule has 110 valence electrons. The maximum atomic E-state index is 11.3. The maximum Gasteiger partial charge on any atom is 0.323 e. The zero-order chi connectivity index (χ0) is 14.0. The first-order valence-electron chi connectivity index (χ1n) is 7.66. The first-order valence-corrected chi connectivity index (χ1v) is 7.66. The number of carboxylic acids is 1. The van der Waals surface area contributed by atoms with E-state index in [0.717, 1.165) is 19.4 Å². The van der Waals surface area contributed by atoms with Crippen molar-refractivity contribution in [2.75, 3.05) is 13.1 Å². The van der Waals surface area contributed by atoms with Crippen LogP contribution in [0.2, 0.25) is 0 Å². The van der Waals surface area contributed by atoms with Gasteiger partial charge in [0.2, 0.25) is 0 Å². The number of aliphatic carboxylic acids is 1. The van der Waals surface area contributed by atoms with Gasteiger partial charge in [0.25, 0.3) is 0 Å². The Morgan fingerprint density at radius 1 is 1.47 bits per heavy atom. The van der Waals surface area contributed by atoms with Crippen molar-refractivity contribution < 1.29 is 9.90 Å². The number of carboxylic acid groups (broad SMARTS) is 1. The summed E-state index contributed by atoms with van der Waals surface area (Å²) in [7, 11) is 0. The molecule has 0 aromatic heterocycles. The number of hydrogen-bond donors (Lipinski definition) is 2. The predicted molar refractivity (Wildman–Crippen MR) is 76.2 cm³/mol. The lowest BCUT2D eigenvalue weighted by molar-refractivity contribution is -0.143. The molecule has 2 aliphatic heterocycles. The number of nitrogens with zero attached hydrogens (tertiary/aromatic N) is 1. The molecule has 2 saturated heterocycles. The molecule has 2 N–H and O–H groups in total. The molecule has 0 amide bonds. The fraction of sp³-hybridized carbons (Fsp3) is 0.933. The Balaban J connectivity index is 1.92. The average molecular weight is 268 g/mol. The van der Waals surface area contributed by atoms with Gasteiger partial charge >= 0.3 is 5.97 Å². The summed E-state index contributed by atoms with van der Waals surface area (Å²) in [5.41, 5.74) is -0.706. The molecule has 0 radical (unpaired) electrons. The summed E-state index contributed by atoms with van der Waals surface area (Å²) in [4.78, 5) is 13.9. The van der Waals surface area contributed by atoms with Crippen LogP contribution in [0.15, 0.2) is 0 Å². The molecule has 4 nitrogen and oxygen atoms in total. The van der Waals surface area contributed by atoms with Crippen LogP contribution >= 0.6 is 0 Å². The number of nitrogens with one attached hydrogen (secondary N) is 1. The van der Waals surface area contributed by atoms with Crippen molar-refractivity contribution in [2.45, 2.75) is 70.5 Å². The van der Waals surface area contributed by atoms with Crippen LogP contribution < -0.4 is 5.32 Å². The van der Waals surface area contributed by atoms with Crippen molar-refractivity contribution >= 4 is 5.97 Å². The molecule has 19 heavy (non-hydrogen) atoms. The molecule has 0 aliphatic carbocycles. The Kier molecular flexibility index (Phi) is 4.51. The van der Waals surface area contributed by atoms with Crippen LogP contribution in [0.5, 0.6) is 0 Å². The second-order valence-corrected chi connectivity index (χ2v) is 6.81. The number of carbonyl (C=O) groups is 1. The smallest absolute Gasteiger partial charge is 0.323 e. The van der Waals surface area contributed by atoms with E-state index in [-0.39, 0.29) is 0 Å². The zero-order valence-electron chi connectivity index (χ0n) is 12.5. The topological polar surface area (TPSA) is 52.6 Å². The normalized spacial score (nSPS) is 36.8. The van der Waals surface area contributed by atoms with Crippen molar-refractivity contribution in [3.63, 3.8) is 0 Å². The van der Waals surface area contributed by atoms with Crippen LogP contribution in [0.1, 0.15) is 52.9 Å². The monoisotopic (exact) mass is 268 g/mol. The maximum absolute atomic E-state index is 11.3. The van der Waals surface area contributed by atoms with E-state index in [0.29, 0.717) is 18.0 Å². The van der Waals surface area contributed by atoms with E-state index in [1.165, 1.54) is 25.8 Å². The quantitative estimate of drug-likeness (QED) is 0.820. The molecule has 2 aliphatic rings. The van der Waals surface area contributed by atoms with E-state index >= 15 is 0 Å². The highest BCUT2D eigenvalue weighted by molar-refractivity contribution is 5.78. The summed E-state index contributed by atoms with van der Waals surface area (Å²) in [6.45, 7) is 8.42. The molecular formula is C15H28N2O2. The van der Waals surface area contributed by atoms with E-state index < -0.39 is 11.5 Å². The highest BCUT2D eigenvalue weighted by Gasteiger charge is 2.42. The van der Waals surface area contributed by atoms with Gasteiger partial charge in [0.1, 0.15) is 5.54 Å². The SMILES string of the molecule is CC(C)N1CCCCC1CC1CNC(C)(C(=O)O)C1. The lowest BCUT2D eigenvalue weighted by atomic mass is 9.87. The van der Waals surface area contributed by atoms with Gasteiger partial charge in [0.15, 0.2) is 0 Å². The summed E-state index contributed by atoms with van der Waals surface area (Å²) in [5, 5.41) is 12.5. The molecule has 3 unspecified atom stereocenters. The lowest BCUT2D eigenvalue weighted by Gasteiger charge is -2.39. The van der Waals surface area contributed by atoms with Crippen molar-refractivity contribution in [3.05, 3.63) is 0 Å². The number of rotatable bonds is 4. The van der Waals surface area contributed by atoms with Crippen LogP contribution in [-0.2, 0) is 4.79 Å². The highest BCUT2D eigenvalue weighted by atomic mass is 16.4. The first kappa shape index (κ1) is 14.8. The van der Waals surface area contributed by atoms with Gasteiger partial charge in [-0.15, -0.1) is 0 Å². The van der Waals surface area contributed by atoms with Gasteiger partial charge in [0.05, 0.1) is 0 Å². The van der Waals surface area contributed by atoms with E-state index in [4.69, 9.17) is 0 Å². The fourth-order valence-corrected chi connectivity index (χ4v) is 3.76. The van der Waals surface area contributed by atoms with E-state index in [1.807, 2.05) is 6.92 Å². The molecule has 0 aromatic carbocycles. The minimum atomic E-state index is -0.709. The standard InChI is InChI=1S/C15H28N2O2/c1-11(2)17-7-5-4-6-13(17)8-12-9-15(3,14(18)19)16-10-12/h11-13,16H,4-10H2,1-3H3,(H,18,19). The van der Waals surface area contributed by atoms with E-state index in [9.17, 15) is 9.90 Å². The third-order valence-corrected chi connectivity index (χ3v) is 4.89. The molecule has 2 rings (SSSR count). The molecule has 0 bridgehead atoms. The Hall–Kier alpha value is -0.610. The van der Waals surface area contributed by atoms with Crippen LogP contribution in [0, 0.1) is 5.92 Å². The Morgan fingerprint density at radius 3 is 2.79 bits per heavy atom. The molecule has 4 heteroatoms. The molecule has 0 spiro atoms. The van der Waals surface area contributed by atoms with Crippen molar-refractivity contribution in [3.8, 4) is 0 Å². The number of piperidine rings is 1. The second kappa shape index (κ2) is 5.80.